The monoisotopic (exact) mass is 260 g/mol. The first-order valence-electron chi connectivity index (χ1n) is 5.96. The molecule has 0 fully saturated rings. The van der Waals surface area contributed by atoms with Crippen molar-refractivity contribution in [2.24, 2.45) is 5.84 Å². The minimum atomic E-state index is -0.195. The molecule has 18 heavy (non-hydrogen) atoms. The van der Waals surface area contributed by atoms with Crippen LogP contribution in [-0.2, 0) is 14.3 Å². The van der Waals surface area contributed by atoms with Crippen molar-refractivity contribution >= 4 is 11.8 Å². The summed E-state index contributed by atoms with van der Waals surface area (Å²) in [5, 5.41) is 2.74. The molecule has 0 saturated heterocycles. The molecule has 7 heteroatoms. The fourth-order valence-electron chi connectivity index (χ4n) is 1.36. The molecule has 0 aliphatic carbocycles. The molecule has 0 aliphatic heterocycles. The standard InChI is InChI=1S/C11H24N4O3/c1-9(4-5-10(16)14-12)15(2)8-11(17)13-6-7-18-3/h9H,4-8,12H2,1-3H3,(H,13,17)(H,14,16). The molecular weight excluding hydrogens is 236 g/mol. The van der Waals surface area contributed by atoms with Crippen LogP contribution in [0.4, 0.5) is 0 Å². The van der Waals surface area contributed by atoms with E-state index in [2.05, 4.69) is 10.7 Å². The van der Waals surface area contributed by atoms with E-state index in [-0.39, 0.29) is 17.9 Å². The number of nitrogens with one attached hydrogen (secondary N) is 2. The van der Waals surface area contributed by atoms with E-state index in [0.29, 0.717) is 32.5 Å². The van der Waals surface area contributed by atoms with E-state index in [1.165, 1.54) is 0 Å². The van der Waals surface area contributed by atoms with Gasteiger partial charge in [-0.1, -0.05) is 0 Å². The zero-order chi connectivity index (χ0) is 14.0. The molecule has 2 amide bonds. The van der Waals surface area contributed by atoms with Crippen molar-refractivity contribution in [2.75, 3.05) is 33.9 Å². The molecule has 0 aromatic rings. The molecule has 0 saturated carbocycles. The third kappa shape index (κ3) is 7.99. The third-order valence-electron chi connectivity index (χ3n) is 2.72. The van der Waals surface area contributed by atoms with Gasteiger partial charge >= 0.3 is 0 Å². The van der Waals surface area contributed by atoms with Crippen LogP contribution in [0, 0.1) is 0 Å². The maximum Gasteiger partial charge on any atom is 0.234 e. The molecule has 7 nitrogen and oxygen atoms in total. The molecular formula is C11H24N4O3. The van der Waals surface area contributed by atoms with E-state index in [1.54, 1.807) is 7.11 Å². The smallest absolute Gasteiger partial charge is 0.234 e. The molecule has 4 N–H and O–H groups in total. The number of carbonyl (C=O) groups is 2. The van der Waals surface area contributed by atoms with Gasteiger partial charge in [-0.3, -0.25) is 19.9 Å². The second kappa shape index (κ2) is 9.81. The fourth-order valence-corrected chi connectivity index (χ4v) is 1.36. The Morgan fingerprint density at radius 2 is 2.06 bits per heavy atom. The highest BCUT2D eigenvalue weighted by atomic mass is 16.5. The summed E-state index contributed by atoms with van der Waals surface area (Å²) in [5.74, 6) is 4.75. The van der Waals surface area contributed by atoms with Crippen LogP contribution >= 0.6 is 0 Å². The van der Waals surface area contributed by atoms with E-state index in [9.17, 15) is 9.59 Å². The zero-order valence-electron chi connectivity index (χ0n) is 11.4. The van der Waals surface area contributed by atoms with E-state index in [1.807, 2.05) is 18.9 Å². The van der Waals surface area contributed by atoms with E-state index >= 15 is 0 Å². The lowest BCUT2D eigenvalue weighted by Crippen LogP contribution is -2.41. The Morgan fingerprint density at radius 1 is 1.39 bits per heavy atom. The molecule has 0 aliphatic rings. The number of hydrazine groups is 1. The first-order valence-corrected chi connectivity index (χ1v) is 5.96. The predicted molar refractivity (Wildman–Crippen MR) is 68.5 cm³/mol. The lowest BCUT2D eigenvalue weighted by Gasteiger charge is -2.23. The van der Waals surface area contributed by atoms with Crippen LogP contribution in [0.3, 0.4) is 0 Å². The molecule has 1 atom stereocenters. The molecule has 0 spiro atoms. The maximum atomic E-state index is 11.5. The van der Waals surface area contributed by atoms with E-state index in [0.717, 1.165) is 0 Å². The molecule has 1 unspecified atom stereocenters. The van der Waals surface area contributed by atoms with Crippen LogP contribution in [0.2, 0.25) is 0 Å². The van der Waals surface area contributed by atoms with Crippen LogP contribution in [0.5, 0.6) is 0 Å². The summed E-state index contributed by atoms with van der Waals surface area (Å²) in [6.45, 7) is 3.27. The maximum absolute atomic E-state index is 11.5. The number of methoxy groups -OCH3 is 1. The van der Waals surface area contributed by atoms with Crippen LogP contribution in [0.25, 0.3) is 0 Å². The predicted octanol–water partition coefficient (Wildman–Crippen LogP) is -1.16. The SMILES string of the molecule is COCCNC(=O)CN(C)C(C)CCC(=O)NN. The van der Waals surface area contributed by atoms with Crippen molar-refractivity contribution in [3.05, 3.63) is 0 Å². The molecule has 0 rings (SSSR count). The minimum Gasteiger partial charge on any atom is -0.383 e. The van der Waals surface area contributed by atoms with Gasteiger partial charge in [-0.2, -0.15) is 0 Å². The highest BCUT2D eigenvalue weighted by Gasteiger charge is 2.13. The van der Waals surface area contributed by atoms with Gasteiger partial charge in [0.25, 0.3) is 0 Å². The van der Waals surface area contributed by atoms with Gasteiger partial charge in [0.1, 0.15) is 0 Å². The van der Waals surface area contributed by atoms with Crippen LogP contribution < -0.4 is 16.6 Å². The number of nitrogens with two attached hydrogens (primary N) is 1. The number of nitrogens with zero attached hydrogens (tertiary/aromatic N) is 1. The topological polar surface area (TPSA) is 96.7 Å². The Kier molecular flexibility index (Phi) is 9.17. The van der Waals surface area contributed by atoms with Gasteiger partial charge in [0.2, 0.25) is 11.8 Å². The Labute approximate surface area is 108 Å². The molecule has 0 heterocycles. The lowest BCUT2D eigenvalue weighted by molar-refractivity contribution is -0.122. The summed E-state index contributed by atoms with van der Waals surface area (Å²) < 4.78 is 4.84. The highest BCUT2D eigenvalue weighted by molar-refractivity contribution is 5.78. The second-order valence-electron chi connectivity index (χ2n) is 4.21. The Balaban J connectivity index is 3.81. The van der Waals surface area contributed by atoms with Gasteiger partial charge in [0.15, 0.2) is 0 Å². The zero-order valence-corrected chi connectivity index (χ0v) is 11.4. The number of hydrogen-bond acceptors (Lipinski definition) is 5. The summed E-state index contributed by atoms with van der Waals surface area (Å²) in [4.78, 5) is 24.4. The molecule has 0 bridgehead atoms. The fraction of sp³-hybridized carbons (Fsp3) is 0.818. The quantitative estimate of drug-likeness (QED) is 0.210. The highest BCUT2D eigenvalue weighted by Crippen LogP contribution is 2.03. The third-order valence-corrected chi connectivity index (χ3v) is 2.72. The van der Waals surface area contributed by atoms with Crippen molar-refractivity contribution in [2.45, 2.75) is 25.8 Å². The summed E-state index contributed by atoms with van der Waals surface area (Å²) in [5.41, 5.74) is 2.08. The second-order valence-corrected chi connectivity index (χ2v) is 4.21. The molecule has 0 aromatic carbocycles. The van der Waals surface area contributed by atoms with Gasteiger partial charge < -0.3 is 10.1 Å². The summed E-state index contributed by atoms with van der Waals surface area (Å²) in [6.07, 6.45) is 1.01. The van der Waals surface area contributed by atoms with Gasteiger partial charge in [-0.05, 0) is 20.4 Å². The summed E-state index contributed by atoms with van der Waals surface area (Å²) >= 11 is 0. The summed E-state index contributed by atoms with van der Waals surface area (Å²) in [7, 11) is 3.43. The van der Waals surface area contributed by atoms with Crippen molar-refractivity contribution in [1.29, 1.82) is 0 Å². The van der Waals surface area contributed by atoms with Crippen molar-refractivity contribution in [1.82, 2.24) is 15.6 Å². The van der Waals surface area contributed by atoms with Crippen molar-refractivity contribution in [3.8, 4) is 0 Å². The van der Waals surface area contributed by atoms with E-state index < -0.39 is 0 Å². The van der Waals surface area contributed by atoms with Crippen LogP contribution in [0.1, 0.15) is 19.8 Å². The van der Waals surface area contributed by atoms with Gasteiger partial charge in [-0.15, -0.1) is 0 Å². The van der Waals surface area contributed by atoms with Crippen molar-refractivity contribution in [3.63, 3.8) is 0 Å². The number of carbonyl (C=O) groups excluding carboxylic acids is 2. The molecule has 0 aromatic heterocycles. The van der Waals surface area contributed by atoms with Gasteiger partial charge in [0, 0.05) is 26.1 Å². The number of amides is 2. The number of hydrogen-bond donors (Lipinski definition) is 3. The Bertz CT molecular complexity index is 261. The average molecular weight is 260 g/mol. The van der Waals surface area contributed by atoms with Crippen LogP contribution in [0.15, 0.2) is 0 Å². The minimum absolute atomic E-state index is 0.0512. The number of likely N-dealkylation sites (N-methyl/N-ethyl adjacent to an activating group) is 1. The summed E-state index contributed by atoms with van der Waals surface area (Å²) in [6, 6.07) is 0.135. The Hall–Kier alpha value is -1.18. The van der Waals surface area contributed by atoms with Crippen LogP contribution in [-0.4, -0.2) is 56.6 Å². The average Bonchev–Trinajstić information content (AvgIpc) is 2.35. The lowest BCUT2D eigenvalue weighted by atomic mass is 10.1. The molecule has 0 radical (unpaired) electrons. The first kappa shape index (κ1) is 16.8. The number of ether oxygens (including phenoxy) is 1. The van der Waals surface area contributed by atoms with Gasteiger partial charge in [-0.25, -0.2) is 5.84 Å². The largest absolute Gasteiger partial charge is 0.383 e. The Morgan fingerprint density at radius 3 is 2.61 bits per heavy atom. The normalized spacial score (nSPS) is 12.3. The number of rotatable bonds is 9. The van der Waals surface area contributed by atoms with E-state index in [4.69, 9.17) is 10.6 Å². The first-order chi connectivity index (χ1) is 8.51. The van der Waals surface area contributed by atoms with Crippen molar-refractivity contribution < 1.29 is 14.3 Å². The molecule has 106 valence electrons. The van der Waals surface area contributed by atoms with Gasteiger partial charge in [0.05, 0.1) is 13.2 Å².